The van der Waals surface area contributed by atoms with Crippen molar-refractivity contribution in [3.63, 3.8) is 0 Å². The quantitative estimate of drug-likeness (QED) is 0.785. The first-order valence-electron chi connectivity index (χ1n) is 8.37. The summed E-state index contributed by atoms with van der Waals surface area (Å²) in [6, 6.07) is 7.87. The van der Waals surface area contributed by atoms with Crippen molar-refractivity contribution in [1.82, 2.24) is 9.88 Å². The molecule has 0 N–H and O–H groups in total. The molecular formula is C19H22N4O2. The van der Waals surface area contributed by atoms with Crippen LogP contribution >= 0.6 is 0 Å². The number of piperazine rings is 1. The molecular weight excluding hydrogens is 316 g/mol. The highest BCUT2D eigenvalue weighted by Crippen LogP contribution is 2.32. The van der Waals surface area contributed by atoms with Crippen LogP contribution in [-0.4, -0.2) is 42.0 Å². The highest BCUT2D eigenvalue weighted by Gasteiger charge is 2.30. The number of rotatable bonds is 2. The molecule has 1 amide bonds. The van der Waals surface area contributed by atoms with Crippen LogP contribution in [0.3, 0.4) is 0 Å². The molecule has 0 saturated carbocycles. The maximum absolute atomic E-state index is 12.4. The van der Waals surface area contributed by atoms with Crippen LogP contribution in [0.15, 0.2) is 34.9 Å². The van der Waals surface area contributed by atoms with E-state index in [0.717, 1.165) is 5.56 Å². The number of carbonyl (C=O) groups is 1. The number of hydrogen-bond acceptors (Lipinski definition) is 4. The van der Waals surface area contributed by atoms with Gasteiger partial charge in [0.05, 0.1) is 12.8 Å². The minimum absolute atomic E-state index is 0.172. The lowest BCUT2D eigenvalue weighted by Gasteiger charge is -2.37. The highest BCUT2D eigenvalue weighted by molar-refractivity contribution is 5.81. The van der Waals surface area contributed by atoms with Gasteiger partial charge in [0, 0.05) is 37.2 Å². The molecule has 0 radical (unpaired) electrons. The molecule has 130 valence electrons. The molecule has 1 aromatic carbocycles. The first-order valence-corrected chi connectivity index (χ1v) is 8.37. The summed E-state index contributed by atoms with van der Waals surface area (Å²) in [6.45, 7) is 15.8. The zero-order valence-corrected chi connectivity index (χ0v) is 14.8. The van der Waals surface area contributed by atoms with Crippen LogP contribution in [-0.2, 0) is 4.79 Å². The van der Waals surface area contributed by atoms with Crippen LogP contribution in [0.25, 0.3) is 16.2 Å². The second kappa shape index (κ2) is 6.60. The SMILES string of the molecule is [C-]#[N+]c1ccccc1-c1cnc(N2CCN(C(=O)C(C)(C)C)CC2)o1. The Balaban J connectivity index is 1.71. The zero-order valence-electron chi connectivity index (χ0n) is 14.8. The second-order valence-corrected chi connectivity index (χ2v) is 7.17. The van der Waals surface area contributed by atoms with Crippen LogP contribution in [0.5, 0.6) is 0 Å². The van der Waals surface area contributed by atoms with Crippen molar-refractivity contribution in [2.75, 3.05) is 31.1 Å². The molecule has 6 heteroatoms. The van der Waals surface area contributed by atoms with Gasteiger partial charge >= 0.3 is 0 Å². The Kier molecular flexibility index (Phi) is 4.49. The standard InChI is InChI=1S/C19H22N4O2/c1-19(2,3)17(24)22-9-11-23(12-10-22)18-21-13-16(25-18)14-7-5-6-8-15(14)20-4/h5-8,13H,9-12H2,1-3H3. The molecule has 0 bridgehead atoms. The smallest absolute Gasteiger partial charge is 0.297 e. The number of anilines is 1. The summed E-state index contributed by atoms with van der Waals surface area (Å²) in [5, 5.41) is 0. The molecule has 25 heavy (non-hydrogen) atoms. The van der Waals surface area contributed by atoms with Gasteiger partial charge in [0.2, 0.25) is 5.91 Å². The predicted octanol–water partition coefficient (Wildman–Crippen LogP) is 3.59. The number of aromatic nitrogens is 1. The van der Waals surface area contributed by atoms with E-state index >= 15 is 0 Å². The minimum atomic E-state index is -0.359. The van der Waals surface area contributed by atoms with Gasteiger partial charge in [-0.3, -0.25) is 4.79 Å². The van der Waals surface area contributed by atoms with Gasteiger partial charge in [-0.05, 0) is 0 Å². The van der Waals surface area contributed by atoms with E-state index in [9.17, 15) is 4.79 Å². The number of hydrogen-bond donors (Lipinski definition) is 0. The van der Waals surface area contributed by atoms with E-state index in [1.54, 1.807) is 12.3 Å². The summed E-state index contributed by atoms with van der Waals surface area (Å²) < 4.78 is 5.88. The molecule has 2 aromatic rings. The lowest BCUT2D eigenvalue weighted by Crippen LogP contribution is -2.51. The number of oxazole rings is 1. The summed E-state index contributed by atoms with van der Waals surface area (Å²) in [5.74, 6) is 0.765. The minimum Gasteiger partial charge on any atom is -0.425 e. The molecule has 2 heterocycles. The number of nitrogens with zero attached hydrogens (tertiary/aromatic N) is 4. The maximum Gasteiger partial charge on any atom is 0.297 e. The van der Waals surface area contributed by atoms with E-state index in [4.69, 9.17) is 11.0 Å². The second-order valence-electron chi connectivity index (χ2n) is 7.17. The molecule has 1 saturated heterocycles. The fraction of sp³-hybridized carbons (Fsp3) is 0.421. The number of carbonyl (C=O) groups excluding carboxylic acids is 1. The fourth-order valence-corrected chi connectivity index (χ4v) is 2.89. The summed E-state index contributed by atoms with van der Waals surface area (Å²) >= 11 is 0. The lowest BCUT2D eigenvalue weighted by molar-refractivity contribution is -0.139. The molecule has 0 unspecified atom stereocenters. The molecule has 0 spiro atoms. The first kappa shape index (κ1) is 17.0. The van der Waals surface area contributed by atoms with Gasteiger partial charge < -0.3 is 14.2 Å². The fourth-order valence-electron chi connectivity index (χ4n) is 2.89. The summed E-state index contributed by atoms with van der Waals surface area (Å²) in [4.78, 5) is 24.2. The van der Waals surface area contributed by atoms with E-state index < -0.39 is 0 Å². The van der Waals surface area contributed by atoms with Crippen LogP contribution in [0.1, 0.15) is 20.8 Å². The van der Waals surface area contributed by atoms with E-state index in [-0.39, 0.29) is 11.3 Å². The molecule has 1 aliphatic heterocycles. The third-order valence-corrected chi connectivity index (χ3v) is 4.26. The van der Waals surface area contributed by atoms with Gasteiger partial charge in [0.25, 0.3) is 6.01 Å². The lowest BCUT2D eigenvalue weighted by atomic mass is 9.94. The molecule has 6 nitrogen and oxygen atoms in total. The van der Waals surface area contributed by atoms with Crippen molar-refractivity contribution in [3.8, 4) is 11.3 Å². The molecule has 1 aromatic heterocycles. The molecule has 3 rings (SSSR count). The maximum atomic E-state index is 12.4. The summed E-state index contributed by atoms with van der Waals surface area (Å²) in [6.07, 6.45) is 1.66. The summed E-state index contributed by atoms with van der Waals surface area (Å²) in [7, 11) is 0. The Labute approximate surface area is 147 Å². The van der Waals surface area contributed by atoms with Crippen molar-refractivity contribution in [3.05, 3.63) is 41.9 Å². The van der Waals surface area contributed by atoms with Crippen LogP contribution < -0.4 is 4.90 Å². The van der Waals surface area contributed by atoms with Crippen molar-refractivity contribution >= 4 is 17.6 Å². The Morgan fingerprint density at radius 2 is 1.88 bits per heavy atom. The van der Waals surface area contributed by atoms with Gasteiger partial charge in [0.1, 0.15) is 5.76 Å². The number of amides is 1. The molecule has 1 fully saturated rings. The number of benzene rings is 1. The van der Waals surface area contributed by atoms with E-state index in [2.05, 4.69) is 9.83 Å². The topological polar surface area (TPSA) is 53.9 Å². The van der Waals surface area contributed by atoms with Gasteiger partial charge in [-0.15, -0.1) is 0 Å². The largest absolute Gasteiger partial charge is 0.425 e. The summed E-state index contributed by atoms with van der Waals surface area (Å²) in [5.41, 5.74) is 0.936. The normalized spacial score (nSPS) is 15.1. The Hall–Kier alpha value is -2.81. The van der Waals surface area contributed by atoms with Gasteiger partial charge in [0.15, 0.2) is 5.69 Å². The Bertz CT molecular complexity index is 805. The van der Waals surface area contributed by atoms with Crippen molar-refractivity contribution in [2.24, 2.45) is 5.41 Å². The third-order valence-electron chi connectivity index (χ3n) is 4.26. The third kappa shape index (κ3) is 3.50. The average Bonchev–Trinajstić information content (AvgIpc) is 3.10. The Morgan fingerprint density at radius 1 is 1.20 bits per heavy atom. The van der Waals surface area contributed by atoms with E-state index in [1.807, 2.05) is 48.8 Å². The van der Waals surface area contributed by atoms with Crippen LogP contribution in [0, 0.1) is 12.0 Å². The van der Waals surface area contributed by atoms with Gasteiger partial charge in [-0.2, -0.15) is 0 Å². The monoisotopic (exact) mass is 338 g/mol. The van der Waals surface area contributed by atoms with Crippen LogP contribution in [0.4, 0.5) is 11.7 Å². The zero-order chi connectivity index (χ0) is 18.0. The van der Waals surface area contributed by atoms with E-state index in [0.29, 0.717) is 43.6 Å². The average molecular weight is 338 g/mol. The molecule has 1 aliphatic rings. The Morgan fingerprint density at radius 3 is 2.52 bits per heavy atom. The first-order chi connectivity index (χ1) is 11.9. The van der Waals surface area contributed by atoms with Crippen molar-refractivity contribution < 1.29 is 9.21 Å². The van der Waals surface area contributed by atoms with E-state index in [1.165, 1.54) is 0 Å². The number of para-hydroxylation sites is 1. The molecule has 0 aliphatic carbocycles. The van der Waals surface area contributed by atoms with Crippen LogP contribution in [0.2, 0.25) is 0 Å². The van der Waals surface area contributed by atoms with Gasteiger partial charge in [-0.25, -0.2) is 9.83 Å². The highest BCUT2D eigenvalue weighted by atomic mass is 16.4. The van der Waals surface area contributed by atoms with Crippen molar-refractivity contribution in [2.45, 2.75) is 20.8 Å². The van der Waals surface area contributed by atoms with Crippen molar-refractivity contribution in [1.29, 1.82) is 0 Å². The predicted molar refractivity (Wildman–Crippen MR) is 96.4 cm³/mol. The molecule has 0 atom stereocenters. The van der Waals surface area contributed by atoms with Gasteiger partial charge in [-0.1, -0.05) is 45.0 Å².